The first-order valence-corrected chi connectivity index (χ1v) is 6.69. The molecular weight excluding hydrogens is 288 g/mol. The number of alkyl halides is 1. The van der Waals surface area contributed by atoms with Crippen molar-refractivity contribution in [1.82, 2.24) is 0 Å². The van der Waals surface area contributed by atoms with Crippen molar-refractivity contribution in [3.05, 3.63) is 16.4 Å². The fourth-order valence-corrected chi connectivity index (χ4v) is 2.03. The summed E-state index contributed by atoms with van der Waals surface area (Å²) in [5.41, 5.74) is -0.405. The molecule has 0 aliphatic heterocycles. The number of aliphatic hydroxyl groups is 1. The summed E-state index contributed by atoms with van der Waals surface area (Å²) in [6, 6.07) is 0. The molecule has 0 saturated heterocycles. The number of aliphatic hydroxyl groups excluding tert-OH is 1. The first-order valence-electron chi connectivity index (χ1n) is 5.57. The van der Waals surface area contributed by atoms with Crippen LogP contribution in [0.4, 0.5) is 0 Å². The van der Waals surface area contributed by atoms with Gasteiger partial charge in [-0.1, -0.05) is 22.9 Å². The van der Waals surface area contributed by atoms with Gasteiger partial charge in [0.2, 0.25) is 5.39 Å². The van der Waals surface area contributed by atoms with E-state index in [4.69, 9.17) is 5.39 Å². The summed E-state index contributed by atoms with van der Waals surface area (Å²) in [7, 11) is 0. The van der Waals surface area contributed by atoms with E-state index in [2.05, 4.69) is 32.6 Å². The Morgan fingerprint density at radius 3 is 2.65 bits per heavy atom. The molecule has 1 atom stereocenters. The summed E-state index contributed by atoms with van der Waals surface area (Å²) in [6.45, 7) is 3.86. The molecule has 0 amide bonds. The molecule has 0 spiro atoms. The van der Waals surface area contributed by atoms with Crippen molar-refractivity contribution < 1.29 is 14.6 Å². The Labute approximate surface area is 110 Å². The van der Waals surface area contributed by atoms with Crippen LogP contribution in [0.15, 0.2) is 11.5 Å². The second-order valence-electron chi connectivity index (χ2n) is 3.74. The van der Waals surface area contributed by atoms with Gasteiger partial charge in [0.1, 0.15) is 0 Å². The number of nitrogens with zero attached hydrogens (tertiary/aromatic N) is 2. The van der Waals surface area contributed by atoms with Crippen LogP contribution >= 0.6 is 15.9 Å². The highest BCUT2D eigenvalue weighted by atomic mass is 79.9. The molecule has 0 aromatic rings. The van der Waals surface area contributed by atoms with E-state index in [9.17, 15) is 9.90 Å². The lowest BCUT2D eigenvalue weighted by Gasteiger charge is -2.07. The quantitative estimate of drug-likeness (QED) is 0.257. The summed E-state index contributed by atoms with van der Waals surface area (Å²) in [6.07, 6.45) is 2.00. The van der Waals surface area contributed by atoms with Crippen molar-refractivity contribution in [2.45, 2.75) is 33.1 Å². The van der Waals surface area contributed by atoms with Crippen LogP contribution in [0.5, 0.6) is 0 Å². The molecule has 0 aromatic carbocycles. The molecule has 0 rings (SSSR count). The van der Waals surface area contributed by atoms with E-state index in [1.54, 1.807) is 6.92 Å². The third kappa shape index (κ3) is 6.27. The molecule has 0 unspecified atom stereocenters. The van der Waals surface area contributed by atoms with Gasteiger partial charge in [-0.05, 0) is 25.7 Å². The third-order valence-electron chi connectivity index (χ3n) is 2.32. The minimum Gasteiger partial charge on any atom is -0.505 e. The molecule has 0 aliphatic rings. The molecule has 96 valence electrons. The number of hydrogen-bond acceptors (Lipinski definition) is 4. The van der Waals surface area contributed by atoms with Gasteiger partial charge < -0.3 is 9.84 Å². The van der Waals surface area contributed by atoms with Gasteiger partial charge >= 0.3 is 11.7 Å². The molecule has 6 heteroatoms. The maximum atomic E-state index is 11.3. The van der Waals surface area contributed by atoms with Crippen molar-refractivity contribution in [3.8, 4) is 0 Å². The van der Waals surface area contributed by atoms with Gasteiger partial charge in [-0.3, -0.25) is 0 Å². The predicted molar refractivity (Wildman–Crippen MR) is 68.2 cm³/mol. The molecule has 5 nitrogen and oxygen atoms in total. The minimum absolute atomic E-state index is 0.172. The minimum atomic E-state index is -0.805. The van der Waals surface area contributed by atoms with Crippen LogP contribution in [0, 0.1) is 11.3 Å². The number of hydrogen-bond donors (Lipinski definition) is 1. The topological polar surface area (TPSA) is 74.7 Å². The number of carbonyl (C=O) groups excluding carboxylic acids is 1. The van der Waals surface area contributed by atoms with Crippen LogP contribution in [0.2, 0.25) is 0 Å². The third-order valence-corrected chi connectivity index (χ3v) is 2.78. The summed E-state index contributed by atoms with van der Waals surface area (Å²) in [4.78, 5) is 14.1. The molecule has 0 heterocycles. The summed E-state index contributed by atoms with van der Waals surface area (Å²) >= 11 is 3.34. The zero-order chi connectivity index (χ0) is 13.3. The van der Waals surface area contributed by atoms with Gasteiger partial charge in [0.15, 0.2) is 10.7 Å². The molecular formula is C11H18BrN2O3+. The van der Waals surface area contributed by atoms with E-state index >= 15 is 0 Å². The highest BCUT2D eigenvalue weighted by Gasteiger charge is 2.30. The fraction of sp³-hybridized carbons (Fsp3) is 0.727. The number of allylic oxidation sites excluding steroid dienone is 1. The first kappa shape index (κ1) is 15.9. The van der Waals surface area contributed by atoms with Crippen LogP contribution in [0.3, 0.4) is 0 Å². The SMILES string of the molecule is CCOC(=O)/C([N+]#N)=C(\O)CC[C@H](C)CCBr. The number of esters is 1. The van der Waals surface area contributed by atoms with E-state index in [1.807, 2.05) is 0 Å². The number of ether oxygens (including phenoxy) is 1. The second-order valence-corrected chi connectivity index (χ2v) is 4.53. The lowest BCUT2D eigenvalue weighted by atomic mass is 10.0. The monoisotopic (exact) mass is 305 g/mol. The van der Waals surface area contributed by atoms with Gasteiger partial charge in [-0.15, -0.1) is 0 Å². The summed E-state index contributed by atoms with van der Waals surface area (Å²) < 4.78 is 4.65. The summed E-state index contributed by atoms with van der Waals surface area (Å²) in [5, 5.41) is 19.2. The van der Waals surface area contributed by atoms with Gasteiger partial charge in [0, 0.05) is 11.8 Å². The molecule has 0 saturated carbocycles. The lowest BCUT2D eigenvalue weighted by Crippen LogP contribution is -2.08. The van der Waals surface area contributed by atoms with Crippen LogP contribution < -0.4 is 0 Å². The molecule has 0 radical (unpaired) electrons. The van der Waals surface area contributed by atoms with E-state index in [0.717, 1.165) is 18.2 Å². The molecule has 17 heavy (non-hydrogen) atoms. The Bertz CT molecular complexity index is 323. The van der Waals surface area contributed by atoms with Gasteiger partial charge in [0.05, 0.1) is 6.61 Å². The van der Waals surface area contributed by atoms with Crippen LogP contribution in [-0.2, 0) is 9.53 Å². The number of halogens is 1. The van der Waals surface area contributed by atoms with Crippen molar-refractivity contribution in [3.63, 3.8) is 0 Å². The molecule has 0 fully saturated rings. The van der Waals surface area contributed by atoms with E-state index in [0.29, 0.717) is 12.3 Å². The molecule has 0 bridgehead atoms. The lowest BCUT2D eigenvalue weighted by molar-refractivity contribution is -0.138. The van der Waals surface area contributed by atoms with E-state index in [-0.39, 0.29) is 12.4 Å². The Kier molecular flexibility index (Phi) is 8.42. The Hall–Kier alpha value is -1.09. The summed E-state index contributed by atoms with van der Waals surface area (Å²) in [5.74, 6) is -0.619. The Balaban J connectivity index is 4.45. The normalized spacial score (nSPS) is 13.5. The van der Waals surface area contributed by atoms with Crippen LogP contribution in [0.1, 0.15) is 33.1 Å². The molecule has 0 aromatic heterocycles. The maximum Gasteiger partial charge on any atom is 0.505 e. The largest absolute Gasteiger partial charge is 0.505 e. The zero-order valence-corrected chi connectivity index (χ0v) is 11.7. The zero-order valence-electron chi connectivity index (χ0n) is 10.1. The average Bonchev–Trinajstić information content (AvgIpc) is 2.28. The number of rotatable bonds is 7. The van der Waals surface area contributed by atoms with Gasteiger partial charge in [0.25, 0.3) is 0 Å². The fourth-order valence-electron chi connectivity index (χ4n) is 1.25. The van der Waals surface area contributed by atoms with Crippen LogP contribution in [0.25, 0.3) is 4.98 Å². The average molecular weight is 306 g/mol. The van der Waals surface area contributed by atoms with Crippen molar-refractivity contribution in [1.29, 1.82) is 5.39 Å². The molecule has 0 aliphatic carbocycles. The Morgan fingerprint density at radius 2 is 2.18 bits per heavy atom. The Morgan fingerprint density at radius 1 is 1.53 bits per heavy atom. The van der Waals surface area contributed by atoms with Crippen LogP contribution in [-0.4, -0.2) is 23.0 Å². The number of diazo groups is 1. The highest BCUT2D eigenvalue weighted by Crippen LogP contribution is 2.18. The van der Waals surface area contributed by atoms with Gasteiger partial charge in [-0.2, -0.15) is 0 Å². The van der Waals surface area contributed by atoms with Crippen molar-refractivity contribution >= 4 is 21.9 Å². The second kappa shape index (κ2) is 8.99. The smallest absolute Gasteiger partial charge is 0.505 e. The maximum absolute atomic E-state index is 11.3. The van der Waals surface area contributed by atoms with E-state index < -0.39 is 11.7 Å². The number of carbonyl (C=O) groups is 1. The van der Waals surface area contributed by atoms with Crippen molar-refractivity contribution in [2.75, 3.05) is 11.9 Å². The van der Waals surface area contributed by atoms with Gasteiger partial charge in [-0.25, -0.2) is 4.79 Å². The molecule has 1 N–H and O–H groups in total. The highest BCUT2D eigenvalue weighted by molar-refractivity contribution is 9.09. The predicted octanol–water partition coefficient (Wildman–Crippen LogP) is 3.37. The van der Waals surface area contributed by atoms with Crippen molar-refractivity contribution in [2.24, 2.45) is 5.92 Å². The van der Waals surface area contributed by atoms with E-state index in [1.165, 1.54) is 0 Å². The first-order chi connectivity index (χ1) is 8.06. The standard InChI is InChI=1S/C11H17BrN2O3/c1-3-17-11(16)10(14-13)9(15)5-4-8(2)6-7-12/h8H,3-7H2,1-2H3/p+1/t8-/m0/s1.